The zero-order valence-electron chi connectivity index (χ0n) is 16.1. The molecule has 0 bridgehead atoms. The first-order chi connectivity index (χ1) is 11.9. The van der Waals surface area contributed by atoms with Crippen molar-refractivity contribution in [2.45, 2.75) is 58.5 Å². The summed E-state index contributed by atoms with van der Waals surface area (Å²) in [5.74, 6) is -0.295. The van der Waals surface area contributed by atoms with Crippen LogP contribution in [0, 0.1) is 6.92 Å². The van der Waals surface area contributed by atoms with Crippen LogP contribution in [0.4, 0.5) is 5.69 Å². The molecule has 1 aromatic carbocycles. The summed E-state index contributed by atoms with van der Waals surface area (Å²) in [5.41, 5.74) is 2.59. The van der Waals surface area contributed by atoms with Crippen molar-refractivity contribution in [1.29, 1.82) is 0 Å². The number of hydrogen-bond acceptors (Lipinski definition) is 4. The lowest BCUT2D eigenvalue weighted by molar-refractivity contribution is 0.0525. The minimum atomic E-state index is -0.295. The van der Waals surface area contributed by atoms with Gasteiger partial charge in [0.2, 0.25) is 0 Å². The molecular formula is C20H31ClN2O2. The number of carbonyl (C=O) groups excluding carboxylic acids is 1. The molecule has 25 heavy (non-hydrogen) atoms. The molecule has 0 spiro atoms. The van der Waals surface area contributed by atoms with Crippen LogP contribution in [0.5, 0.6) is 0 Å². The van der Waals surface area contributed by atoms with E-state index in [1.54, 1.807) is 6.07 Å². The monoisotopic (exact) mass is 366 g/mol. The highest BCUT2D eigenvalue weighted by Gasteiger charge is 2.28. The Morgan fingerprint density at radius 2 is 1.76 bits per heavy atom. The number of rotatable bonds is 6. The summed E-state index contributed by atoms with van der Waals surface area (Å²) >= 11 is 6.33. The Labute approximate surface area is 157 Å². The maximum absolute atomic E-state index is 12.3. The van der Waals surface area contributed by atoms with E-state index in [4.69, 9.17) is 16.3 Å². The van der Waals surface area contributed by atoms with E-state index in [9.17, 15) is 4.79 Å². The van der Waals surface area contributed by atoms with E-state index in [0.717, 1.165) is 30.6 Å². The topological polar surface area (TPSA) is 32.8 Å². The Morgan fingerprint density at radius 3 is 2.28 bits per heavy atom. The Hall–Kier alpha value is -1.26. The Morgan fingerprint density at radius 1 is 1.16 bits per heavy atom. The van der Waals surface area contributed by atoms with Gasteiger partial charge in [0.05, 0.1) is 12.2 Å². The van der Waals surface area contributed by atoms with Crippen LogP contribution in [-0.2, 0) is 4.74 Å². The van der Waals surface area contributed by atoms with Gasteiger partial charge in [-0.1, -0.05) is 11.6 Å². The third kappa shape index (κ3) is 4.68. The summed E-state index contributed by atoms with van der Waals surface area (Å²) in [6.07, 6.45) is 4.74. The van der Waals surface area contributed by atoms with E-state index >= 15 is 0 Å². The molecule has 0 unspecified atom stereocenters. The number of nitrogens with zero attached hydrogens (tertiary/aromatic N) is 2. The number of hydrogen-bond donors (Lipinski definition) is 0. The number of halogens is 1. The summed E-state index contributed by atoms with van der Waals surface area (Å²) in [6.45, 7) is 7.25. The maximum atomic E-state index is 12.3. The van der Waals surface area contributed by atoms with E-state index in [2.05, 4.69) is 30.8 Å². The van der Waals surface area contributed by atoms with Crippen LogP contribution in [-0.4, -0.2) is 50.2 Å². The van der Waals surface area contributed by atoms with Gasteiger partial charge in [0, 0.05) is 29.3 Å². The van der Waals surface area contributed by atoms with Crippen molar-refractivity contribution >= 4 is 23.3 Å². The van der Waals surface area contributed by atoms with Crippen LogP contribution in [0.3, 0.4) is 0 Å². The molecule has 1 saturated carbocycles. The van der Waals surface area contributed by atoms with E-state index in [1.165, 1.54) is 12.8 Å². The summed E-state index contributed by atoms with van der Waals surface area (Å²) in [5, 5.41) is 0.587. The lowest BCUT2D eigenvalue weighted by atomic mass is 9.89. The van der Waals surface area contributed by atoms with Crippen molar-refractivity contribution in [3.63, 3.8) is 0 Å². The second-order valence-electron chi connectivity index (χ2n) is 7.03. The lowest BCUT2D eigenvalue weighted by Gasteiger charge is -2.40. The van der Waals surface area contributed by atoms with Gasteiger partial charge in [-0.2, -0.15) is 0 Å². The van der Waals surface area contributed by atoms with Gasteiger partial charge in [-0.3, -0.25) is 0 Å². The van der Waals surface area contributed by atoms with Crippen LogP contribution >= 0.6 is 11.6 Å². The summed E-state index contributed by atoms with van der Waals surface area (Å²) < 4.78 is 5.20. The van der Waals surface area contributed by atoms with Crippen molar-refractivity contribution < 1.29 is 9.53 Å². The van der Waals surface area contributed by atoms with Crippen LogP contribution in [0.2, 0.25) is 5.02 Å². The molecule has 5 heteroatoms. The summed E-state index contributed by atoms with van der Waals surface area (Å²) in [6, 6.07) is 4.87. The largest absolute Gasteiger partial charge is 0.462 e. The third-order valence-electron chi connectivity index (χ3n) is 5.33. The first kappa shape index (κ1) is 20.1. The molecule has 0 radical (unpaired) electrons. The molecule has 1 aromatic rings. The zero-order valence-corrected chi connectivity index (χ0v) is 16.9. The number of benzene rings is 1. The quantitative estimate of drug-likeness (QED) is 0.693. The van der Waals surface area contributed by atoms with E-state index < -0.39 is 0 Å². The molecule has 0 amide bonds. The standard InChI is InChI=1S/C20H31ClN2O2/c1-6-23(17-10-8-16(9-11-17)22(4)5)19-13-15(21)12-18(14(19)3)20(24)25-7-2/h12-13,16-17H,6-11H2,1-5H3/t16-,17-. The fraction of sp³-hybridized carbons (Fsp3) is 0.650. The molecule has 4 nitrogen and oxygen atoms in total. The zero-order chi connectivity index (χ0) is 18.6. The average Bonchev–Trinajstić information content (AvgIpc) is 2.58. The molecule has 2 rings (SSSR count). The van der Waals surface area contributed by atoms with E-state index in [1.807, 2.05) is 19.9 Å². The second-order valence-corrected chi connectivity index (χ2v) is 7.47. The van der Waals surface area contributed by atoms with Crippen molar-refractivity contribution in [3.05, 3.63) is 28.3 Å². The molecule has 1 fully saturated rings. The SMILES string of the molecule is CCOC(=O)c1cc(Cl)cc(N(CC)[C@H]2CC[C@H](N(C)C)CC2)c1C. The molecular weight excluding hydrogens is 336 g/mol. The molecule has 0 atom stereocenters. The van der Waals surface area contributed by atoms with Crippen molar-refractivity contribution in [2.24, 2.45) is 0 Å². The lowest BCUT2D eigenvalue weighted by Crippen LogP contribution is -2.42. The Kier molecular flexibility index (Phi) is 7.14. The van der Waals surface area contributed by atoms with Crippen molar-refractivity contribution in [1.82, 2.24) is 4.90 Å². The molecule has 0 N–H and O–H groups in total. The third-order valence-corrected chi connectivity index (χ3v) is 5.55. The molecule has 0 heterocycles. The Balaban J connectivity index is 2.27. The summed E-state index contributed by atoms with van der Waals surface area (Å²) in [7, 11) is 4.32. The first-order valence-electron chi connectivity index (χ1n) is 9.29. The van der Waals surface area contributed by atoms with Crippen molar-refractivity contribution in [2.75, 3.05) is 32.1 Å². The molecule has 1 aliphatic carbocycles. The van der Waals surface area contributed by atoms with Crippen LogP contribution < -0.4 is 4.90 Å². The first-order valence-corrected chi connectivity index (χ1v) is 9.67. The maximum Gasteiger partial charge on any atom is 0.338 e. The number of ether oxygens (including phenoxy) is 1. The van der Waals surface area contributed by atoms with Crippen LogP contribution in [0.15, 0.2) is 12.1 Å². The van der Waals surface area contributed by atoms with Gasteiger partial charge in [0.25, 0.3) is 0 Å². The fourth-order valence-electron chi connectivity index (χ4n) is 3.90. The number of anilines is 1. The van der Waals surface area contributed by atoms with Crippen LogP contribution in [0.25, 0.3) is 0 Å². The highest BCUT2D eigenvalue weighted by atomic mass is 35.5. The highest BCUT2D eigenvalue weighted by molar-refractivity contribution is 6.31. The van der Waals surface area contributed by atoms with Crippen molar-refractivity contribution in [3.8, 4) is 0 Å². The predicted molar refractivity (Wildman–Crippen MR) is 105 cm³/mol. The van der Waals surface area contributed by atoms with Gasteiger partial charge >= 0.3 is 5.97 Å². The summed E-state index contributed by atoms with van der Waals surface area (Å²) in [4.78, 5) is 17.0. The highest BCUT2D eigenvalue weighted by Crippen LogP contribution is 2.34. The molecule has 140 valence electrons. The van der Waals surface area contributed by atoms with Gasteiger partial charge in [-0.15, -0.1) is 0 Å². The van der Waals surface area contributed by atoms with E-state index in [-0.39, 0.29) is 5.97 Å². The number of carbonyl (C=O) groups is 1. The van der Waals surface area contributed by atoms with Gasteiger partial charge in [0.15, 0.2) is 0 Å². The second kappa shape index (κ2) is 8.91. The number of esters is 1. The molecule has 0 aliphatic heterocycles. The minimum Gasteiger partial charge on any atom is -0.462 e. The molecule has 1 aliphatic rings. The molecule has 0 saturated heterocycles. The Bertz CT molecular complexity index is 596. The predicted octanol–water partition coefficient (Wildman–Crippen LogP) is 4.52. The smallest absolute Gasteiger partial charge is 0.338 e. The minimum absolute atomic E-state index is 0.295. The van der Waals surface area contributed by atoms with Crippen LogP contribution in [0.1, 0.15) is 55.5 Å². The van der Waals surface area contributed by atoms with E-state index in [0.29, 0.717) is 29.3 Å². The normalized spacial score (nSPS) is 20.6. The van der Waals surface area contributed by atoms with Gasteiger partial charge in [0.1, 0.15) is 0 Å². The van der Waals surface area contributed by atoms with Gasteiger partial charge in [-0.05, 0) is 78.2 Å². The fourth-order valence-corrected chi connectivity index (χ4v) is 4.11. The average molecular weight is 367 g/mol. The molecule has 0 aromatic heterocycles. The van der Waals surface area contributed by atoms with Gasteiger partial charge in [-0.25, -0.2) is 4.79 Å². The van der Waals surface area contributed by atoms with Gasteiger partial charge < -0.3 is 14.5 Å².